The molecular weight excluding hydrogens is 793 g/mol. The van der Waals surface area contributed by atoms with Crippen LogP contribution in [0.3, 0.4) is 0 Å². The highest BCUT2D eigenvalue weighted by molar-refractivity contribution is 6.31. The summed E-state index contributed by atoms with van der Waals surface area (Å²) in [6.07, 6.45) is 10.1. The number of imide groups is 2. The molecule has 15 nitrogen and oxygen atoms in total. The summed E-state index contributed by atoms with van der Waals surface area (Å²) in [5.74, 6) is -1.96. The maximum atomic E-state index is 15.5. The molecule has 5 amide bonds. The first-order valence-corrected chi connectivity index (χ1v) is 21.1. The molecule has 0 radical (unpaired) electrons. The number of anilines is 2. The lowest BCUT2D eigenvalue weighted by Crippen LogP contribution is -2.54. The molecule has 2 atom stereocenters. The van der Waals surface area contributed by atoms with Crippen molar-refractivity contribution in [2.75, 3.05) is 49.1 Å². The van der Waals surface area contributed by atoms with Crippen molar-refractivity contribution in [3.8, 4) is 11.8 Å². The molecule has 60 heavy (non-hydrogen) atoms. The third-order valence-corrected chi connectivity index (χ3v) is 13.6. The number of carbonyl (C=O) groups is 5. The van der Waals surface area contributed by atoms with Crippen LogP contribution in [0.25, 0.3) is 0 Å². The van der Waals surface area contributed by atoms with E-state index in [2.05, 4.69) is 30.4 Å². The Bertz CT molecular complexity index is 2290. The Labute approximate surface area is 351 Å². The predicted molar refractivity (Wildman–Crippen MR) is 216 cm³/mol. The summed E-state index contributed by atoms with van der Waals surface area (Å²) in [4.78, 5) is 80.5. The monoisotopic (exact) mass is 837 g/mol. The Balaban J connectivity index is 0.739. The third-order valence-electron chi connectivity index (χ3n) is 13.3. The van der Waals surface area contributed by atoms with Crippen molar-refractivity contribution in [2.24, 2.45) is 5.41 Å². The highest BCUT2D eigenvalue weighted by Gasteiger charge is 2.47. The summed E-state index contributed by atoms with van der Waals surface area (Å²) in [5, 5.41) is 14.8. The normalized spacial score (nSPS) is 26.1. The number of carbonyl (C=O) groups excluding carboxylic acids is 5. The van der Waals surface area contributed by atoms with Crippen LogP contribution in [-0.4, -0.2) is 113 Å². The van der Waals surface area contributed by atoms with Crippen LogP contribution >= 0.6 is 11.6 Å². The van der Waals surface area contributed by atoms with E-state index in [1.807, 2.05) is 11.0 Å². The van der Waals surface area contributed by atoms with Gasteiger partial charge in [0.2, 0.25) is 11.8 Å². The summed E-state index contributed by atoms with van der Waals surface area (Å²) in [6.45, 7) is 4.82. The van der Waals surface area contributed by atoms with Crippen LogP contribution in [0.4, 0.5) is 15.9 Å². The Morgan fingerprint density at radius 3 is 2.35 bits per heavy atom. The Morgan fingerprint density at radius 1 is 0.900 bits per heavy atom. The van der Waals surface area contributed by atoms with Gasteiger partial charge in [0, 0.05) is 62.7 Å². The van der Waals surface area contributed by atoms with Gasteiger partial charge >= 0.3 is 0 Å². The van der Waals surface area contributed by atoms with E-state index in [4.69, 9.17) is 21.6 Å². The molecule has 5 aliphatic heterocycles. The predicted octanol–water partition coefficient (Wildman–Crippen LogP) is 4.23. The van der Waals surface area contributed by atoms with Gasteiger partial charge in [-0.05, 0) is 88.6 Å². The van der Waals surface area contributed by atoms with Crippen LogP contribution in [0.5, 0.6) is 5.75 Å². The van der Waals surface area contributed by atoms with E-state index in [1.54, 1.807) is 30.6 Å². The number of rotatable bonds is 8. The fourth-order valence-electron chi connectivity index (χ4n) is 9.98. The number of ether oxygens (including phenoxy) is 1. The lowest BCUT2D eigenvalue weighted by Gasteiger charge is -2.38. The number of amides is 5. The average Bonchev–Trinajstić information content (AvgIpc) is 3.94. The molecule has 3 aromatic rings. The standard InChI is InChI=1S/C43H45ClFN9O6/c44-32-17-29(4-1-25(32)20-46)60-28-5-2-26(3-6-28)49-39(56)34-21-48-37(22-47-34)53-16-12-43(24-53)11-15-52(23-43)27-9-13-51(14-10-27)36-19-31-30(18-33(36)45)41(58)54(42(31)59)35-7-8-38(55)50-40(35)57/h1,4,17-19,21-22,26-28,35H,2-3,5-16,23-24H2,(H,49,56)(H,50,55,57)/t26-,28-,35?,43?. The van der Waals surface area contributed by atoms with Gasteiger partial charge in [0.1, 0.15) is 35.2 Å². The molecule has 17 heteroatoms. The zero-order valence-electron chi connectivity index (χ0n) is 33.0. The summed E-state index contributed by atoms with van der Waals surface area (Å²) in [5.41, 5.74) is 1.10. The molecule has 2 unspecified atom stereocenters. The number of benzene rings is 2. The second kappa shape index (κ2) is 16.1. The Hall–Kier alpha value is -5.66. The number of likely N-dealkylation sites (tertiary alicyclic amines) is 1. The van der Waals surface area contributed by atoms with Crippen molar-refractivity contribution in [3.05, 3.63) is 75.9 Å². The quantitative estimate of drug-likeness (QED) is 0.309. The highest BCUT2D eigenvalue weighted by atomic mass is 35.5. The van der Waals surface area contributed by atoms with Gasteiger partial charge in [-0.1, -0.05) is 11.6 Å². The van der Waals surface area contributed by atoms with Crippen molar-refractivity contribution in [3.63, 3.8) is 0 Å². The second-order valence-corrected chi connectivity index (χ2v) is 17.4. The first kappa shape index (κ1) is 39.8. The van der Waals surface area contributed by atoms with Gasteiger partial charge in [-0.15, -0.1) is 0 Å². The third kappa shape index (κ3) is 7.64. The first-order chi connectivity index (χ1) is 29.0. The fraction of sp³-hybridized carbons (Fsp3) is 0.488. The summed E-state index contributed by atoms with van der Waals surface area (Å²) in [6, 6.07) is 8.90. The van der Waals surface area contributed by atoms with Gasteiger partial charge in [-0.25, -0.2) is 14.4 Å². The average molecular weight is 838 g/mol. The van der Waals surface area contributed by atoms with Crippen molar-refractivity contribution < 1.29 is 33.1 Å². The van der Waals surface area contributed by atoms with Crippen LogP contribution in [-0.2, 0) is 9.59 Å². The zero-order valence-corrected chi connectivity index (χ0v) is 33.8. The lowest BCUT2D eigenvalue weighted by molar-refractivity contribution is -0.136. The number of halogens is 2. The molecule has 1 saturated carbocycles. The number of piperidine rings is 2. The number of hydrogen-bond donors (Lipinski definition) is 2. The molecule has 1 aromatic heterocycles. The van der Waals surface area contributed by atoms with Gasteiger partial charge in [-0.3, -0.25) is 39.1 Å². The molecule has 1 spiro atoms. The van der Waals surface area contributed by atoms with E-state index in [1.165, 1.54) is 6.07 Å². The second-order valence-electron chi connectivity index (χ2n) is 17.0. The van der Waals surface area contributed by atoms with Gasteiger partial charge < -0.3 is 19.9 Å². The van der Waals surface area contributed by atoms with Crippen LogP contribution in [0, 0.1) is 22.6 Å². The van der Waals surface area contributed by atoms with E-state index in [9.17, 15) is 24.0 Å². The minimum Gasteiger partial charge on any atom is -0.490 e. The van der Waals surface area contributed by atoms with Crippen LogP contribution in [0.15, 0.2) is 42.7 Å². The van der Waals surface area contributed by atoms with Gasteiger partial charge in [0.25, 0.3) is 17.7 Å². The van der Waals surface area contributed by atoms with Crippen molar-refractivity contribution in [1.82, 2.24) is 30.4 Å². The van der Waals surface area contributed by atoms with Gasteiger partial charge in [0.05, 0.1) is 45.9 Å². The fourth-order valence-corrected chi connectivity index (χ4v) is 10.2. The number of nitriles is 1. The smallest absolute Gasteiger partial charge is 0.271 e. The van der Waals surface area contributed by atoms with Crippen LogP contribution in [0.2, 0.25) is 5.02 Å². The van der Waals surface area contributed by atoms with Crippen LogP contribution in [0.1, 0.15) is 101 Å². The Kier molecular flexibility index (Phi) is 10.7. The summed E-state index contributed by atoms with van der Waals surface area (Å²) >= 11 is 6.15. The molecule has 4 saturated heterocycles. The number of hydrogen-bond acceptors (Lipinski definition) is 12. The Morgan fingerprint density at radius 2 is 1.65 bits per heavy atom. The molecule has 1 aliphatic carbocycles. The van der Waals surface area contributed by atoms with E-state index < -0.39 is 35.5 Å². The van der Waals surface area contributed by atoms with Crippen molar-refractivity contribution in [2.45, 2.75) is 88.4 Å². The minimum atomic E-state index is -1.10. The SMILES string of the molecule is N#Cc1ccc(O[C@H]2CC[C@H](NC(=O)c3cnc(N4CCC5(CCN(C6CCN(c7cc8c(cc7F)C(=O)N(C7CCC(=O)NC7=O)C8=O)CC6)C5)C4)cn3)CC2)cc1Cl. The molecular formula is C43H45ClFN9O6. The van der Waals surface area contributed by atoms with E-state index in [-0.39, 0.29) is 58.8 Å². The molecule has 312 valence electrons. The molecule has 6 aliphatic rings. The summed E-state index contributed by atoms with van der Waals surface area (Å²) in [7, 11) is 0. The molecule has 6 heterocycles. The zero-order chi connectivity index (χ0) is 41.7. The largest absolute Gasteiger partial charge is 0.490 e. The maximum absolute atomic E-state index is 15.5. The molecule has 9 rings (SSSR count). The molecule has 5 fully saturated rings. The molecule has 0 bridgehead atoms. The van der Waals surface area contributed by atoms with Gasteiger partial charge in [-0.2, -0.15) is 5.26 Å². The highest BCUT2D eigenvalue weighted by Crippen LogP contribution is 2.43. The van der Waals surface area contributed by atoms with Crippen molar-refractivity contribution in [1.29, 1.82) is 5.26 Å². The number of fused-ring (bicyclic) bond motifs is 1. The van der Waals surface area contributed by atoms with Crippen LogP contribution < -0.4 is 25.2 Å². The van der Waals surface area contributed by atoms with Crippen molar-refractivity contribution >= 4 is 52.6 Å². The number of nitrogens with zero attached hydrogens (tertiary/aromatic N) is 7. The van der Waals surface area contributed by atoms with E-state index in [0.717, 1.165) is 94.3 Å². The number of nitrogens with one attached hydrogen (secondary N) is 2. The number of aromatic nitrogens is 2. The minimum absolute atomic E-state index is 0.00471. The summed E-state index contributed by atoms with van der Waals surface area (Å²) < 4.78 is 21.6. The van der Waals surface area contributed by atoms with E-state index in [0.29, 0.717) is 35.5 Å². The lowest BCUT2D eigenvalue weighted by atomic mass is 9.86. The molecule has 2 aromatic carbocycles. The molecule has 2 N–H and O–H groups in total. The van der Waals surface area contributed by atoms with Gasteiger partial charge in [0.15, 0.2) is 0 Å². The maximum Gasteiger partial charge on any atom is 0.271 e. The first-order valence-electron chi connectivity index (χ1n) is 20.8. The van der Waals surface area contributed by atoms with E-state index >= 15 is 4.39 Å². The topological polar surface area (TPSA) is 181 Å².